The van der Waals surface area contributed by atoms with Crippen molar-refractivity contribution in [2.24, 2.45) is 0 Å². The minimum atomic E-state index is -0.470. The molecule has 0 aromatic heterocycles. The van der Waals surface area contributed by atoms with Crippen LogP contribution in [0.4, 0.5) is 0 Å². The average molecular weight is 335 g/mol. The van der Waals surface area contributed by atoms with Crippen LogP contribution in [0.25, 0.3) is 0 Å². The van der Waals surface area contributed by atoms with Gasteiger partial charge in [0, 0.05) is 32.2 Å². The van der Waals surface area contributed by atoms with Crippen molar-refractivity contribution in [3.63, 3.8) is 0 Å². The smallest absolute Gasteiger partial charge is 0.237 e. The predicted octanol–water partition coefficient (Wildman–Crippen LogP) is 0.530. The summed E-state index contributed by atoms with van der Waals surface area (Å²) in [6.45, 7) is 4.23. The molecule has 2 amide bonds. The fraction of sp³-hybridized carbons (Fsp3) is 0.529. The number of ether oxygens (including phenoxy) is 2. The number of rotatable bonds is 7. The van der Waals surface area contributed by atoms with E-state index in [1.807, 2.05) is 24.0 Å². The van der Waals surface area contributed by atoms with E-state index >= 15 is 0 Å². The SMILES string of the molecule is CCNC(=O)C[C@@H]1C(=O)NCCN1Cc1cc(OC)cc(OC)c1. The molecule has 0 aliphatic carbocycles. The molecule has 1 fully saturated rings. The van der Waals surface area contributed by atoms with Crippen LogP contribution in [0.3, 0.4) is 0 Å². The summed E-state index contributed by atoms with van der Waals surface area (Å²) >= 11 is 0. The van der Waals surface area contributed by atoms with E-state index in [4.69, 9.17) is 9.47 Å². The maximum Gasteiger partial charge on any atom is 0.237 e. The summed E-state index contributed by atoms with van der Waals surface area (Å²) in [6, 6.07) is 5.16. The standard InChI is InChI=1S/C17H25N3O4/c1-4-18-16(21)10-15-17(22)19-5-6-20(15)11-12-7-13(23-2)9-14(8-12)24-3/h7-9,15H,4-6,10-11H2,1-3H3,(H,18,21)(H,19,22)/t15-/m1/s1. The molecule has 1 atom stereocenters. The number of nitrogens with zero attached hydrogens (tertiary/aromatic N) is 1. The Hall–Kier alpha value is -2.28. The van der Waals surface area contributed by atoms with E-state index in [-0.39, 0.29) is 18.2 Å². The second kappa shape index (κ2) is 8.54. The lowest BCUT2D eigenvalue weighted by molar-refractivity contribution is -0.134. The highest BCUT2D eigenvalue weighted by molar-refractivity contribution is 5.88. The van der Waals surface area contributed by atoms with Crippen molar-refractivity contribution in [1.29, 1.82) is 0 Å². The summed E-state index contributed by atoms with van der Waals surface area (Å²) in [5, 5.41) is 5.58. The number of amides is 2. The summed E-state index contributed by atoms with van der Waals surface area (Å²) in [6.07, 6.45) is 0.154. The van der Waals surface area contributed by atoms with E-state index in [1.54, 1.807) is 20.3 Å². The molecule has 24 heavy (non-hydrogen) atoms. The van der Waals surface area contributed by atoms with Crippen LogP contribution in [0.1, 0.15) is 18.9 Å². The number of nitrogens with one attached hydrogen (secondary N) is 2. The van der Waals surface area contributed by atoms with Crippen molar-refractivity contribution in [1.82, 2.24) is 15.5 Å². The van der Waals surface area contributed by atoms with Crippen LogP contribution in [0.2, 0.25) is 0 Å². The molecule has 0 unspecified atom stereocenters. The van der Waals surface area contributed by atoms with Gasteiger partial charge >= 0.3 is 0 Å². The molecular formula is C17H25N3O4. The van der Waals surface area contributed by atoms with Crippen LogP contribution in [0.15, 0.2) is 18.2 Å². The van der Waals surface area contributed by atoms with E-state index in [0.717, 1.165) is 5.56 Å². The zero-order valence-corrected chi connectivity index (χ0v) is 14.4. The fourth-order valence-electron chi connectivity index (χ4n) is 2.81. The molecule has 0 bridgehead atoms. The Morgan fingerprint density at radius 3 is 2.54 bits per heavy atom. The maximum absolute atomic E-state index is 12.2. The van der Waals surface area contributed by atoms with Gasteiger partial charge < -0.3 is 20.1 Å². The van der Waals surface area contributed by atoms with Crippen molar-refractivity contribution in [3.8, 4) is 11.5 Å². The first-order valence-electron chi connectivity index (χ1n) is 8.07. The Kier molecular flexibility index (Phi) is 6.43. The second-order valence-electron chi connectivity index (χ2n) is 5.66. The molecule has 0 saturated carbocycles. The zero-order valence-electron chi connectivity index (χ0n) is 14.4. The molecule has 7 heteroatoms. The van der Waals surface area contributed by atoms with Gasteiger partial charge in [0.2, 0.25) is 11.8 Å². The Balaban J connectivity index is 2.15. The highest BCUT2D eigenvalue weighted by Gasteiger charge is 2.31. The monoisotopic (exact) mass is 335 g/mol. The molecule has 7 nitrogen and oxygen atoms in total. The lowest BCUT2D eigenvalue weighted by Gasteiger charge is -2.34. The first-order valence-corrected chi connectivity index (χ1v) is 8.07. The molecule has 0 radical (unpaired) electrons. The third-order valence-corrected chi connectivity index (χ3v) is 3.99. The number of methoxy groups -OCH3 is 2. The third kappa shape index (κ3) is 4.61. The van der Waals surface area contributed by atoms with Gasteiger partial charge in [0.05, 0.1) is 26.7 Å². The fourth-order valence-corrected chi connectivity index (χ4v) is 2.81. The lowest BCUT2D eigenvalue weighted by atomic mass is 10.1. The number of carbonyl (C=O) groups excluding carboxylic acids is 2. The zero-order chi connectivity index (χ0) is 17.5. The molecular weight excluding hydrogens is 310 g/mol. The van der Waals surface area contributed by atoms with E-state index in [1.165, 1.54) is 0 Å². The molecule has 0 spiro atoms. The topological polar surface area (TPSA) is 79.9 Å². The Labute approximate surface area is 142 Å². The van der Waals surface area contributed by atoms with Gasteiger partial charge in [-0.05, 0) is 24.6 Å². The Morgan fingerprint density at radius 1 is 1.29 bits per heavy atom. The summed E-state index contributed by atoms with van der Waals surface area (Å²) in [7, 11) is 3.20. The molecule has 2 rings (SSSR count). The van der Waals surface area contributed by atoms with E-state index in [0.29, 0.717) is 37.7 Å². The summed E-state index contributed by atoms with van der Waals surface area (Å²) < 4.78 is 10.6. The van der Waals surface area contributed by atoms with Gasteiger partial charge in [-0.3, -0.25) is 14.5 Å². The Bertz CT molecular complexity index is 569. The molecule has 1 aromatic rings. The summed E-state index contributed by atoms with van der Waals surface area (Å²) in [4.78, 5) is 26.1. The highest BCUT2D eigenvalue weighted by atomic mass is 16.5. The van der Waals surface area contributed by atoms with Crippen molar-refractivity contribution in [3.05, 3.63) is 23.8 Å². The van der Waals surface area contributed by atoms with Crippen molar-refractivity contribution >= 4 is 11.8 Å². The highest BCUT2D eigenvalue weighted by Crippen LogP contribution is 2.24. The quantitative estimate of drug-likeness (QED) is 0.760. The molecule has 1 saturated heterocycles. The lowest BCUT2D eigenvalue weighted by Crippen LogP contribution is -2.56. The normalized spacial score (nSPS) is 18.0. The van der Waals surface area contributed by atoms with Crippen LogP contribution < -0.4 is 20.1 Å². The van der Waals surface area contributed by atoms with Crippen LogP contribution in [0, 0.1) is 0 Å². The maximum atomic E-state index is 12.2. The summed E-state index contributed by atoms with van der Waals surface area (Å²) in [5.41, 5.74) is 0.974. The third-order valence-electron chi connectivity index (χ3n) is 3.99. The molecule has 1 aliphatic rings. The predicted molar refractivity (Wildman–Crippen MR) is 90.1 cm³/mol. The second-order valence-corrected chi connectivity index (χ2v) is 5.66. The van der Waals surface area contributed by atoms with Gasteiger partial charge in [0.25, 0.3) is 0 Å². The van der Waals surface area contributed by atoms with Gasteiger partial charge in [0.15, 0.2) is 0 Å². The van der Waals surface area contributed by atoms with Crippen LogP contribution in [-0.4, -0.2) is 56.6 Å². The first kappa shape index (κ1) is 18.1. The van der Waals surface area contributed by atoms with Crippen molar-refractivity contribution in [2.75, 3.05) is 33.9 Å². The van der Waals surface area contributed by atoms with Crippen LogP contribution >= 0.6 is 0 Å². The average Bonchev–Trinajstić information content (AvgIpc) is 2.57. The number of hydrogen-bond donors (Lipinski definition) is 2. The molecule has 1 heterocycles. The van der Waals surface area contributed by atoms with Crippen molar-refractivity contribution in [2.45, 2.75) is 25.9 Å². The minimum absolute atomic E-state index is 0.109. The number of carbonyl (C=O) groups is 2. The van der Waals surface area contributed by atoms with Crippen LogP contribution in [0.5, 0.6) is 11.5 Å². The molecule has 1 aromatic carbocycles. The number of piperazine rings is 1. The number of benzene rings is 1. The van der Waals surface area contributed by atoms with Gasteiger partial charge in [-0.25, -0.2) is 0 Å². The van der Waals surface area contributed by atoms with E-state index < -0.39 is 6.04 Å². The largest absolute Gasteiger partial charge is 0.497 e. The molecule has 2 N–H and O–H groups in total. The van der Waals surface area contributed by atoms with Gasteiger partial charge in [-0.2, -0.15) is 0 Å². The Morgan fingerprint density at radius 2 is 1.96 bits per heavy atom. The molecule has 1 aliphatic heterocycles. The van der Waals surface area contributed by atoms with E-state index in [2.05, 4.69) is 10.6 Å². The van der Waals surface area contributed by atoms with Crippen molar-refractivity contribution < 1.29 is 19.1 Å². The van der Waals surface area contributed by atoms with Gasteiger partial charge in [-0.1, -0.05) is 0 Å². The molecule has 132 valence electrons. The minimum Gasteiger partial charge on any atom is -0.497 e. The number of hydrogen-bond acceptors (Lipinski definition) is 5. The first-order chi connectivity index (χ1) is 11.6. The summed E-state index contributed by atoms with van der Waals surface area (Å²) in [5.74, 6) is 1.17. The van der Waals surface area contributed by atoms with E-state index in [9.17, 15) is 9.59 Å². The van der Waals surface area contributed by atoms with Gasteiger partial charge in [0.1, 0.15) is 11.5 Å². The van der Waals surface area contributed by atoms with Gasteiger partial charge in [-0.15, -0.1) is 0 Å². The van der Waals surface area contributed by atoms with Crippen LogP contribution in [-0.2, 0) is 16.1 Å².